The number of hydrogen-bond acceptors (Lipinski definition) is 4. The Morgan fingerprint density at radius 2 is 2.10 bits per heavy atom. The van der Waals surface area contributed by atoms with Gasteiger partial charge in [0.05, 0.1) is 0 Å². The smallest absolute Gasteiger partial charge is 0.0281 e. The lowest BCUT2D eigenvalue weighted by Crippen LogP contribution is -2.58. The van der Waals surface area contributed by atoms with E-state index < -0.39 is 0 Å². The fourth-order valence-corrected chi connectivity index (χ4v) is 3.84. The monoisotopic (exact) mass is 295 g/mol. The van der Waals surface area contributed by atoms with Crippen LogP contribution in [0.5, 0.6) is 0 Å². The second-order valence-corrected chi connectivity index (χ2v) is 7.63. The molecule has 1 N–H and O–H groups in total. The maximum absolute atomic E-state index is 3.44. The van der Waals surface area contributed by atoms with Crippen LogP contribution in [0.3, 0.4) is 0 Å². The molecular weight excluding hydrogens is 266 g/mol. The third-order valence-electron chi connectivity index (χ3n) is 4.44. The van der Waals surface area contributed by atoms with Gasteiger partial charge in [-0.3, -0.25) is 4.90 Å². The average molecular weight is 295 g/mol. The van der Waals surface area contributed by atoms with Crippen LogP contribution in [0.25, 0.3) is 0 Å². The first-order valence-electron chi connectivity index (χ1n) is 7.67. The van der Waals surface area contributed by atoms with Crippen LogP contribution >= 0.6 is 11.3 Å². The topological polar surface area (TPSA) is 18.5 Å². The summed E-state index contributed by atoms with van der Waals surface area (Å²) in [6, 6.07) is 4.99. The molecule has 1 aliphatic heterocycles. The van der Waals surface area contributed by atoms with Crippen molar-refractivity contribution >= 4 is 11.3 Å². The predicted octanol–water partition coefficient (Wildman–Crippen LogP) is 2.29. The van der Waals surface area contributed by atoms with Crippen LogP contribution in [-0.4, -0.2) is 61.2 Å². The minimum absolute atomic E-state index is 0.251. The number of hydrogen-bond donors (Lipinski definition) is 1. The van der Waals surface area contributed by atoms with E-state index in [1.807, 2.05) is 11.3 Å². The molecule has 1 aliphatic rings. The molecular formula is C16H29N3S. The second-order valence-electron chi connectivity index (χ2n) is 6.60. The first kappa shape index (κ1) is 16.0. The Kier molecular flexibility index (Phi) is 5.61. The van der Waals surface area contributed by atoms with Crippen LogP contribution in [0.1, 0.15) is 25.6 Å². The van der Waals surface area contributed by atoms with Gasteiger partial charge in [-0.25, -0.2) is 0 Å². The number of piperazine rings is 1. The van der Waals surface area contributed by atoms with E-state index in [2.05, 4.69) is 60.4 Å². The van der Waals surface area contributed by atoms with Crippen molar-refractivity contribution in [1.29, 1.82) is 0 Å². The third kappa shape index (κ3) is 4.29. The second kappa shape index (κ2) is 7.03. The zero-order chi connectivity index (χ0) is 14.6. The molecule has 1 saturated heterocycles. The molecule has 0 amide bonds. The first-order chi connectivity index (χ1) is 9.49. The van der Waals surface area contributed by atoms with E-state index in [1.54, 1.807) is 0 Å². The van der Waals surface area contributed by atoms with Crippen molar-refractivity contribution in [3.63, 3.8) is 0 Å². The Labute approximate surface area is 128 Å². The van der Waals surface area contributed by atoms with Gasteiger partial charge in [-0.1, -0.05) is 6.07 Å². The zero-order valence-corrected chi connectivity index (χ0v) is 14.2. The number of rotatable bonds is 6. The fourth-order valence-electron chi connectivity index (χ4n) is 3.01. The number of thiophene rings is 1. The van der Waals surface area contributed by atoms with Crippen molar-refractivity contribution in [3.8, 4) is 0 Å². The van der Waals surface area contributed by atoms with Gasteiger partial charge < -0.3 is 10.2 Å². The molecule has 114 valence electrons. The molecule has 1 atom stereocenters. The summed E-state index contributed by atoms with van der Waals surface area (Å²) >= 11 is 1.87. The Balaban J connectivity index is 1.86. The lowest BCUT2D eigenvalue weighted by Gasteiger charge is -2.44. The molecule has 1 fully saturated rings. The molecule has 3 nitrogen and oxygen atoms in total. The Hall–Kier alpha value is -0.420. The zero-order valence-electron chi connectivity index (χ0n) is 13.4. The van der Waals surface area contributed by atoms with E-state index in [0.717, 1.165) is 26.1 Å². The molecule has 20 heavy (non-hydrogen) atoms. The summed E-state index contributed by atoms with van der Waals surface area (Å²) in [5, 5.41) is 5.61. The van der Waals surface area contributed by atoms with Gasteiger partial charge in [0.1, 0.15) is 0 Å². The molecule has 4 heteroatoms. The normalized spacial score (nSPS) is 19.4. The molecule has 1 unspecified atom stereocenters. The molecule has 0 aromatic carbocycles. The van der Waals surface area contributed by atoms with E-state index >= 15 is 0 Å². The summed E-state index contributed by atoms with van der Waals surface area (Å²) < 4.78 is 0. The summed E-state index contributed by atoms with van der Waals surface area (Å²) in [6.45, 7) is 12.8. The maximum atomic E-state index is 3.44. The van der Waals surface area contributed by atoms with E-state index in [9.17, 15) is 0 Å². The molecule has 0 saturated carbocycles. The van der Waals surface area contributed by atoms with E-state index in [-0.39, 0.29) is 5.54 Å². The van der Waals surface area contributed by atoms with E-state index in [0.29, 0.717) is 6.04 Å². The van der Waals surface area contributed by atoms with Crippen molar-refractivity contribution in [2.45, 2.75) is 38.8 Å². The minimum Gasteiger partial charge on any atom is -0.314 e. The quantitative estimate of drug-likeness (QED) is 0.869. The van der Waals surface area contributed by atoms with Crippen LogP contribution in [-0.2, 0) is 6.42 Å². The highest BCUT2D eigenvalue weighted by atomic mass is 32.1. The molecule has 2 heterocycles. The predicted molar refractivity (Wildman–Crippen MR) is 88.6 cm³/mol. The van der Waals surface area contributed by atoms with Crippen LogP contribution in [0, 0.1) is 0 Å². The third-order valence-corrected chi connectivity index (χ3v) is 5.34. The maximum Gasteiger partial charge on any atom is 0.0281 e. The van der Waals surface area contributed by atoms with Gasteiger partial charge in [-0.15, -0.1) is 11.3 Å². The van der Waals surface area contributed by atoms with E-state index in [4.69, 9.17) is 0 Å². The van der Waals surface area contributed by atoms with Crippen LogP contribution < -0.4 is 5.32 Å². The summed E-state index contributed by atoms with van der Waals surface area (Å²) in [4.78, 5) is 6.63. The standard InChI is InChI=1S/C16H29N3S/c1-14(12-15-6-5-11-20-15)18(4)13-16(2,3)19-9-7-17-8-10-19/h5-6,11,14,17H,7-10,12-13H2,1-4H3. The largest absolute Gasteiger partial charge is 0.314 e. The van der Waals surface area contributed by atoms with Crippen LogP contribution in [0.4, 0.5) is 0 Å². The van der Waals surface area contributed by atoms with Crippen LogP contribution in [0.15, 0.2) is 17.5 Å². The van der Waals surface area contributed by atoms with Crippen molar-refractivity contribution < 1.29 is 0 Å². The van der Waals surface area contributed by atoms with Gasteiger partial charge in [-0.05, 0) is 45.7 Å². The van der Waals surface area contributed by atoms with Crippen molar-refractivity contribution in [2.24, 2.45) is 0 Å². The summed E-state index contributed by atoms with van der Waals surface area (Å²) in [5.74, 6) is 0. The Morgan fingerprint density at radius 3 is 2.70 bits per heavy atom. The summed E-state index contributed by atoms with van der Waals surface area (Å²) in [7, 11) is 2.27. The van der Waals surface area contributed by atoms with Gasteiger partial charge in [0.25, 0.3) is 0 Å². The Morgan fingerprint density at radius 1 is 1.40 bits per heavy atom. The number of likely N-dealkylation sites (N-methyl/N-ethyl adjacent to an activating group) is 1. The average Bonchev–Trinajstić information content (AvgIpc) is 2.92. The molecule has 1 aromatic rings. The Bertz CT molecular complexity index is 382. The molecule has 0 aliphatic carbocycles. The molecule has 2 rings (SSSR count). The lowest BCUT2D eigenvalue weighted by atomic mass is 9.99. The van der Waals surface area contributed by atoms with Crippen LogP contribution in [0.2, 0.25) is 0 Å². The molecule has 1 aromatic heterocycles. The highest BCUT2D eigenvalue weighted by molar-refractivity contribution is 7.09. The van der Waals surface area contributed by atoms with Gasteiger partial charge >= 0.3 is 0 Å². The van der Waals surface area contributed by atoms with Gasteiger partial charge in [0, 0.05) is 49.2 Å². The molecule has 0 bridgehead atoms. The number of nitrogens with one attached hydrogen (secondary N) is 1. The highest BCUT2D eigenvalue weighted by Crippen LogP contribution is 2.19. The van der Waals surface area contributed by atoms with Crippen molar-refractivity contribution in [3.05, 3.63) is 22.4 Å². The lowest BCUT2D eigenvalue weighted by molar-refractivity contribution is 0.0604. The number of nitrogens with zero attached hydrogens (tertiary/aromatic N) is 2. The first-order valence-corrected chi connectivity index (χ1v) is 8.55. The van der Waals surface area contributed by atoms with Gasteiger partial charge in [0.15, 0.2) is 0 Å². The summed E-state index contributed by atoms with van der Waals surface area (Å²) in [5.41, 5.74) is 0.251. The van der Waals surface area contributed by atoms with Gasteiger partial charge in [-0.2, -0.15) is 0 Å². The molecule has 0 spiro atoms. The molecule has 0 radical (unpaired) electrons. The highest BCUT2D eigenvalue weighted by Gasteiger charge is 2.30. The van der Waals surface area contributed by atoms with Crippen molar-refractivity contribution in [1.82, 2.24) is 15.1 Å². The van der Waals surface area contributed by atoms with E-state index in [1.165, 1.54) is 18.0 Å². The van der Waals surface area contributed by atoms with Crippen molar-refractivity contribution in [2.75, 3.05) is 39.8 Å². The summed E-state index contributed by atoms with van der Waals surface area (Å²) in [6.07, 6.45) is 1.16. The SMILES string of the molecule is CC(Cc1cccs1)N(C)CC(C)(C)N1CCNCC1. The fraction of sp³-hybridized carbons (Fsp3) is 0.750. The van der Waals surface area contributed by atoms with Gasteiger partial charge in [0.2, 0.25) is 0 Å². The minimum atomic E-state index is 0.251.